The molecule has 0 bridgehead atoms. The molecule has 0 unspecified atom stereocenters. The fraction of sp³-hybridized carbons (Fsp3) is 0.917. The van der Waals surface area contributed by atoms with Crippen LogP contribution in [-0.4, -0.2) is 48.2 Å². The monoisotopic (exact) mass is 295 g/mol. The number of carbonyl (C=O) groups is 1. The summed E-state index contributed by atoms with van der Waals surface area (Å²) < 4.78 is 21.1. The molecule has 0 aromatic heterocycles. The van der Waals surface area contributed by atoms with Gasteiger partial charge in [0.25, 0.3) is 6.47 Å². The van der Waals surface area contributed by atoms with Gasteiger partial charge in [-0.25, -0.2) is 0 Å². The van der Waals surface area contributed by atoms with Gasteiger partial charge in [0, 0.05) is 25.9 Å². The average Bonchev–Trinajstić information content (AvgIpc) is 2.39. The van der Waals surface area contributed by atoms with E-state index < -0.39 is 8.80 Å². The van der Waals surface area contributed by atoms with Gasteiger partial charge < -0.3 is 23.7 Å². The first-order valence-electron chi connectivity index (χ1n) is 6.83. The second kappa shape index (κ2) is 15.6. The van der Waals surface area contributed by atoms with Crippen LogP contribution in [0, 0.1) is 0 Å². The highest BCUT2D eigenvalue weighted by molar-refractivity contribution is 6.60. The van der Waals surface area contributed by atoms with Crippen molar-refractivity contribution in [2.45, 2.75) is 40.2 Å². The zero-order valence-corrected chi connectivity index (χ0v) is 13.6. The number of nitrogens with two attached hydrogens (primary N) is 1. The van der Waals surface area contributed by atoms with Crippen LogP contribution in [0.15, 0.2) is 0 Å². The maximum Gasteiger partial charge on any atom is 0.500 e. The zero-order chi connectivity index (χ0) is 15.0. The minimum Gasteiger partial charge on any atom is -0.468 e. The Morgan fingerprint density at radius 1 is 0.947 bits per heavy atom. The topological polar surface area (TPSA) is 80.0 Å². The molecule has 7 heteroatoms. The minimum atomic E-state index is -2.40. The molecule has 0 aliphatic rings. The summed E-state index contributed by atoms with van der Waals surface area (Å²) in [5, 5.41) is 0. The second-order valence-electron chi connectivity index (χ2n) is 3.43. The molecule has 0 atom stereocenters. The third-order valence-corrected chi connectivity index (χ3v) is 5.17. The SMILES string of the molecule is CCOC=O.CCO[Si](CCCN)(OCC)OCC. The summed E-state index contributed by atoms with van der Waals surface area (Å²) in [7, 11) is -2.40. The van der Waals surface area contributed by atoms with Crippen LogP contribution in [0.1, 0.15) is 34.1 Å². The van der Waals surface area contributed by atoms with E-state index in [0.717, 1.165) is 12.5 Å². The van der Waals surface area contributed by atoms with E-state index in [4.69, 9.17) is 19.0 Å². The molecule has 0 fully saturated rings. The summed E-state index contributed by atoms with van der Waals surface area (Å²) in [6, 6.07) is 0.818. The number of carbonyl (C=O) groups excluding carboxylic acids is 1. The van der Waals surface area contributed by atoms with Crippen LogP contribution in [0.5, 0.6) is 0 Å². The fourth-order valence-electron chi connectivity index (χ4n) is 1.39. The van der Waals surface area contributed by atoms with E-state index in [0.29, 0.717) is 39.4 Å². The van der Waals surface area contributed by atoms with Gasteiger partial charge in [0.15, 0.2) is 0 Å². The molecule has 0 heterocycles. The molecular weight excluding hydrogens is 266 g/mol. The molecule has 0 saturated heterocycles. The second-order valence-corrected chi connectivity index (χ2v) is 6.16. The molecule has 0 aromatic carbocycles. The molecule has 0 aliphatic carbocycles. The first-order valence-corrected chi connectivity index (χ1v) is 8.76. The number of hydrogen-bond acceptors (Lipinski definition) is 6. The number of rotatable bonds is 11. The van der Waals surface area contributed by atoms with E-state index in [1.54, 1.807) is 6.92 Å². The van der Waals surface area contributed by atoms with Crippen LogP contribution in [0.2, 0.25) is 6.04 Å². The molecule has 19 heavy (non-hydrogen) atoms. The van der Waals surface area contributed by atoms with Crippen LogP contribution in [0.25, 0.3) is 0 Å². The van der Waals surface area contributed by atoms with Crippen molar-refractivity contribution in [2.75, 3.05) is 33.0 Å². The Morgan fingerprint density at radius 2 is 1.42 bits per heavy atom. The third-order valence-electron chi connectivity index (χ3n) is 2.01. The first-order chi connectivity index (χ1) is 9.16. The van der Waals surface area contributed by atoms with E-state index in [1.165, 1.54) is 0 Å². The van der Waals surface area contributed by atoms with Crippen LogP contribution < -0.4 is 5.73 Å². The van der Waals surface area contributed by atoms with Gasteiger partial charge in [-0.3, -0.25) is 4.79 Å². The van der Waals surface area contributed by atoms with Crippen LogP contribution in [-0.2, 0) is 22.8 Å². The van der Waals surface area contributed by atoms with Crippen molar-refractivity contribution >= 4 is 15.3 Å². The van der Waals surface area contributed by atoms with Gasteiger partial charge in [-0.2, -0.15) is 0 Å². The molecule has 0 saturated carbocycles. The highest BCUT2D eigenvalue weighted by Crippen LogP contribution is 2.17. The van der Waals surface area contributed by atoms with Gasteiger partial charge in [0.1, 0.15) is 0 Å². The average molecular weight is 295 g/mol. The highest BCUT2D eigenvalue weighted by atomic mass is 28.4. The molecule has 0 aromatic rings. The molecular formula is C12H29NO5Si. The summed E-state index contributed by atoms with van der Waals surface area (Å²) in [6.45, 7) is 11.1. The Hall–Kier alpha value is -0.473. The summed E-state index contributed by atoms with van der Waals surface area (Å²) in [6.07, 6.45) is 0.895. The zero-order valence-electron chi connectivity index (χ0n) is 12.6. The summed E-state index contributed by atoms with van der Waals surface area (Å²) in [5.74, 6) is 0. The first kappa shape index (κ1) is 20.8. The number of ether oxygens (including phenoxy) is 1. The molecule has 0 aliphatic heterocycles. The standard InChI is InChI=1S/C9H23NO3Si.C3H6O2/c1-4-11-14(12-5-2,13-6-3)9-7-8-10;1-2-5-3-4/h4-10H2,1-3H3;3H,2H2,1H3. The van der Waals surface area contributed by atoms with E-state index >= 15 is 0 Å². The van der Waals surface area contributed by atoms with Gasteiger partial charge >= 0.3 is 8.80 Å². The molecule has 116 valence electrons. The van der Waals surface area contributed by atoms with Gasteiger partial charge in [-0.05, 0) is 40.7 Å². The lowest BCUT2D eigenvalue weighted by molar-refractivity contribution is -0.128. The van der Waals surface area contributed by atoms with Crippen molar-refractivity contribution in [1.82, 2.24) is 0 Å². The predicted octanol–water partition coefficient (Wildman–Crippen LogP) is 1.56. The van der Waals surface area contributed by atoms with Gasteiger partial charge in [0.05, 0.1) is 6.61 Å². The van der Waals surface area contributed by atoms with Crippen molar-refractivity contribution in [3.63, 3.8) is 0 Å². The Balaban J connectivity index is 0. The number of hydrogen-bond donors (Lipinski definition) is 1. The quantitative estimate of drug-likeness (QED) is 0.460. The lowest BCUT2D eigenvalue weighted by Crippen LogP contribution is -2.46. The fourth-order valence-corrected chi connectivity index (χ4v) is 4.03. The third kappa shape index (κ3) is 12.3. The summed E-state index contributed by atoms with van der Waals surface area (Å²) in [4.78, 5) is 9.18. The molecule has 0 radical (unpaired) electrons. The molecule has 0 amide bonds. The molecule has 6 nitrogen and oxygen atoms in total. The van der Waals surface area contributed by atoms with Gasteiger partial charge in [-0.15, -0.1) is 0 Å². The van der Waals surface area contributed by atoms with E-state index in [9.17, 15) is 4.79 Å². The van der Waals surface area contributed by atoms with Crippen molar-refractivity contribution in [2.24, 2.45) is 5.73 Å². The van der Waals surface area contributed by atoms with Crippen molar-refractivity contribution in [3.8, 4) is 0 Å². The molecule has 0 spiro atoms. The van der Waals surface area contributed by atoms with E-state index in [1.807, 2.05) is 20.8 Å². The highest BCUT2D eigenvalue weighted by Gasteiger charge is 2.39. The van der Waals surface area contributed by atoms with Crippen LogP contribution >= 0.6 is 0 Å². The van der Waals surface area contributed by atoms with Gasteiger partial charge in [0.2, 0.25) is 0 Å². The van der Waals surface area contributed by atoms with E-state index in [-0.39, 0.29) is 0 Å². The molecule has 2 N–H and O–H groups in total. The lowest BCUT2D eigenvalue weighted by Gasteiger charge is -2.28. The maximum absolute atomic E-state index is 9.18. The van der Waals surface area contributed by atoms with Crippen molar-refractivity contribution < 1.29 is 22.8 Å². The maximum atomic E-state index is 9.18. The molecule has 0 rings (SSSR count). The largest absolute Gasteiger partial charge is 0.500 e. The van der Waals surface area contributed by atoms with Gasteiger partial charge in [-0.1, -0.05) is 0 Å². The summed E-state index contributed by atoms with van der Waals surface area (Å²) in [5.41, 5.74) is 5.48. The Labute approximate surface area is 117 Å². The van der Waals surface area contributed by atoms with Crippen LogP contribution in [0.4, 0.5) is 0 Å². The smallest absolute Gasteiger partial charge is 0.468 e. The Morgan fingerprint density at radius 3 is 1.63 bits per heavy atom. The summed E-state index contributed by atoms with van der Waals surface area (Å²) >= 11 is 0. The lowest BCUT2D eigenvalue weighted by atomic mass is 10.5. The minimum absolute atomic E-state index is 0.431. The Bertz CT molecular complexity index is 178. The van der Waals surface area contributed by atoms with Crippen molar-refractivity contribution in [3.05, 3.63) is 0 Å². The van der Waals surface area contributed by atoms with Crippen molar-refractivity contribution in [1.29, 1.82) is 0 Å². The van der Waals surface area contributed by atoms with Crippen LogP contribution in [0.3, 0.4) is 0 Å². The van der Waals surface area contributed by atoms with E-state index in [2.05, 4.69) is 4.74 Å². The predicted molar refractivity (Wildman–Crippen MR) is 76.8 cm³/mol. The Kier molecular flexibility index (Phi) is 17.1. The normalized spacial score (nSPS) is 10.6.